The van der Waals surface area contributed by atoms with Crippen LogP contribution >= 0.6 is 0 Å². The van der Waals surface area contributed by atoms with Gasteiger partial charge < -0.3 is 9.67 Å². The maximum absolute atomic E-state index is 9.24. The van der Waals surface area contributed by atoms with Gasteiger partial charge in [0.1, 0.15) is 0 Å². The first-order valence-electron chi connectivity index (χ1n) is 5.07. The molecule has 1 aromatic heterocycles. The van der Waals surface area contributed by atoms with Gasteiger partial charge in [0, 0.05) is 12.4 Å². The minimum Gasteiger partial charge on any atom is -0.394 e. The minimum atomic E-state index is -0.205. The van der Waals surface area contributed by atoms with Crippen molar-refractivity contribution in [3.8, 4) is 0 Å². The van der Waals surface area contributed by atoms with Crippen molar-refractivity contribution >= 4 is 0 Å². The van der Waals surface area contributed by atoms with Crippen molar-refractivity contribution in [2.24, 2.45) is 0 Å². The Balaban J connectivity index is 3.00. The third kappa shape index (κ3) is 2.18. The van der Waals surface area contributed by atoms with Crippen LogP contribution in [-0.2, 0) is 11.0 Å². The maximum Gasteiger partial charge on any atom is 0.0661 e. The number of aliphatic hydroxyl groups excluding tert-OH is 1. The first-order valence-corrected chi connectivity index (χ1v) is 5.07. The molecule has 0 aliphatic carbocycles. The zero-order valence-corrected chi connectivity index (χ0v) is 9.83. The highest BCUT2D eigenvalue weighted by Crippen LogP contribution is 2.25. The van der Waals surface area contributed by atoms with Gasteiger partial charge in [-0.3, -0.25) is 0 Å². The average Bonchev–Trinajstić information content (AvgIpc) is 2.51. The fraction of sp³-hybridized carbons (Fsp3) is 0.667. The second-order valence-electron chi connectivity index (χ2n) is 5.53. The summed E-state index contributed by atoms with van der Waals surface area (Å²) >= 11 is 0. The Morgan fingerprint density at radius 3 is 2.14 bits per heavy atom. The molecule has 0 radical (unpaired) electrons. The van der Waals surface area contributed by atoms with E-state index in [0.717, 1.165) is 0 Å². The number of hydrogen-bond acceptors (Lipinski definition) is 1. The SMILES string of the molecule is CC(C)(C)c1ccn(C(C)(C)CO)c1. The van der Waals surface area contributed by atoms with E-state index in [0.29, 0.717) is 0 Å². The molecule has 0 atom stereocenters. The van der Waals surface area contributed by atoms with Crippen LogP contribution in [0.3, 0.4) is 0 Å². The summed E-state index contributed by atoms with van der Waals surface area (Å²) in [4.78, 5) is 0. The smallest absolute Gasteiger partial charge is 0.0661 e. The minimum absolute atomic E-state index is 0.158. The van der Waals surface area contributed by atoms with Gasteiger partial charge in [-0.05, 0) is 30.9 Å². The molecule has 1 N–H and O–H groups in total. The van der Waals surface area contributed by atoms with E-state index in [1.165, 1.54) is 5.56 Å². The van der Waals surface area contributed by atoms with Crippen LogP contribution in [-0.4, -0.2) is 16.3 Å². The van der Waals surface area contributed by atoms with E-state index in [4.69, 9.17) is 0 Å². The monoisotopic (exact) mass is 195 g/mol. The lowest BCUT2D eigenvalue weighted by atomic mass is 9.89. The van der Waals surface area contributed by atoms with Crippen LogP contribution in [0, 0.1) is 0 Å². The maximum atomic E-state index is 9.24. The van der Waals surface area contributed by atoms with Crippen molar-refractivity contribution in [1.29, 1.82) is 0 Å². The van der Waals surface area contributed by atoms with Gasteiger partial charge in [0.15, 0.2) is 0 Å². The molecule has 80 valence electrons. The van der Waals surface area contributed by atoms with Gasteiger partial charge in [-0.2, -0.15) is 0 Å². The van der Waals surface area contributed by atoms with Crippen molar-refractivity contribution in [2.45, 2.75) is 45.6 Å². The molecule has 1 aromatic rings. The van der Waals surface area contributed by atoms with Crippen LogP contribution in [0.25, 0.3) is 0 Å². The predicted molar refractivity (Wildman–Crippen MR) is 59.5 cm³/mol. The number of nitrogens with zero attached hydrogens (tertiary/aromatic N) is 1. The molecule has 1 rings (SSSR count). The number of rotatable bonds is 2. The zero-order valence-electron chi connectivity index (χ0n) is 9.83. The quantitative estimate of drug-likeness (QED) is 0.770. The van der Waals surface area contributed by atoms with Gasteiger partial charge in [0.25, 0.3) is 0 Å². The van der Waals surface area contributed by atoms with Crippen LogP contribution in [0.2, 0.25) is 0 Å². The fourth-order valence-electron chi connectivity index (χ4n) is 1.30. The van der Waals surface area contributed by atoms with E-state index in [2.05, 4.69) is 37.6 Å². The highest BCUT2D eigenvalue weighted by atomic mass is 16.3. The van der Waals surface area contributed by atoms with Crippen molar-refractivity contribution in [1.82, 2.24) is 4.57 Å². The third-order valence-electron chi connectivity index (χ3n) is 2.64. The molecule has 0 amide bonds. The summed E-state index contributed by atoms with van der Waals surface area (Å²) in [6.07, 6.45) is 4.16. The molecule has 2 heteroatoms. The molecule has 0 bridgehead atoms. The molecule has 2 nitrogen and oxygen atoms in total. The highest BCUT2D eigenvalue weighted by molar-refractivity contribution is 5.20. The van der Waals surface area contributed by atoms with Crippen LogP contribution in [0.5, 0.6) is 0 Å². The van der Waals surface area contributed by atoms with Gasteiger partial charge in [-0.25, -0.2) is 0 Å². The highest BCUT2D eigenvalue weighted by Gasteiger charge is 2.21. The molecule has 0 saturated carbocycles. The van der Waals surface area contributed by atoms with Gasteiger partial charge in [0.2, 0.25) is 0 Å². The van der Waals surface area contributed by atoms with Gasteiger partial charge in [-0.15, -0.1) is 0 Å². The largest absolute Gasteiger partial charge is 0.394 e. The lowest BCUT2D eigenvalue weighted by molar-refractivity contribution is 0.164. The molecule has 0 aliphatic rings. The van der Waals surface area contributed by atoms with Crippen LogP contribution in [0.4, 0.5) is 0 Å². The molecular weight excluding hydrogens is 174 g/mol. The Hall–Kier alpha value is -0.760. The number of aliphatic hydroxyl groups is 1. The first kappa shape index (κ1) is 11.3. The Bertz CT molecular complexity index is 304. The zero-order chi connectivity index (χ0) is 11.0. The van der Waals surface area contributed by atoms with Crippen molar-refractivity contribution < 1.29 is 5.11 Å². The Morgan fingerprint density at radius 1 is 1.21 bits per heavy atom. The van der Waals surface area contributed by atoms with Gasteiger partial charge >= 0.3 is 0 Å². The fourth-order valence-corrected chi connectivity index (χ4v) is 1.30. The van der Waals surface area contributed by atoms with Crippen molar-refractivity contribution in [3.05, 3.63) is 24.0 Å². The summed E-state index contributed by atoms with van der Waals surface area (Å²) in [5.41, 5.74) is 1.28. The summed E-state index contributed by atoms with van der Waals surface area (Å²) in [6.45, 7) is 10.8. The molecule has 0 saturated heterocycles. The standard InChI is InChI=1S/C12H21NO/c1-11(2,3)10-6-7-13(8-10)12(4,5)9-14/h6-8,14H,9H2,1-5H3. The van der Waals surface area contributed by atoms with Crippen LogP contribution in [0.15, 0.2) is 18.5 Å². The number of aromatic nitrogens is 1. The molecule has 0 spiro atoms. The second-order valence-corrected chi connectivity index (χ2v) is 5.53. The van der Waals surface area contributed by atoms with Crippen LogP contribution in [0.1, 0.15) is 40.2 Å². The second kappa shape index (κ2) is 3.43. The van der Waals surface area contributed by atoms with E-state index < -0.39 is 0 Å². The first-order chi connectivity index (χ1) is 6.27. The Kier molecular flexibility index (Phi) is 2.77. The lowest BCUT2D eigenvalue weighted by Crippen LogP contribution is -2.29. The van der Waals surface area contributed by atoms with E-state index >= 15 is 0 Å². The molecule has 0 aromatic carbocycles. The topological polar surface area (TPSA) is 25.2 Å². The summed E-state index contributed by atoms with van der Waals surface area (Å²) in [7, 11) is 0. The molecule has 0 fully saturated rings. The summed E-state index contributed by atoms with van der Waals surface area (Å²) in [5.74, 6) is 0. The molecular formula is C12H21NO. The molecule has 0 unspecified atom stereocenters. The van der Waals surface area contributed by atoms with E-state index in [1.807, 2.05) is 20.0 Å². The average molecular weight is 195 g/mol. The van der Waals surface area contributed by atoms with Crippen molar-refractivity contribution in [2.75, 3.05) is 6.61 Å². The summed E-state index contributed by atoms with van der Waals surface area (Å²) in [6, 6.07) is 2.12. The summed E-state index contributed by atoms with van der Waals surface area (Å²) in [5, 5.41) is 9.24. The molecule has 1 heterocycles. The van der Waals surface area contributed by atoms with Gasteiger partial charge in [0.05, 0.1) is 12.1 Å². The summed E-state index contributed by atoms with van der Waals surface area (Å²) < 4.78 is 2.08. The normalized spacial score (nSPS) is 13.3. The van der Waals surface area contributed by atoms with Crippen LogP contribution < -0.4 is 0 Å². The number of hydrogen-bond donors (Lipinski definition) is 1. The van der Waals surface area contributed by atoms with E-state index in [-0.39, 0.29) is 17.6 Å². The van der Waals surface area contributed by atoms with E-state index in [1.54, 1.807) is 0 Å². The predicted octanol–water partition coefficient (Wildman–Crippen LogP) is 2.51. The molecule has 14 heavy (non-hydrogen) atoms. The molecule has 0 aliphatic heterocycles. The lowest BCUT2D eigenvalue weighted by Gasteiger charge is -2.24. The Labute approximate surface area is 86.6 Å². The van der Waals surface area contributed by atoms with E-state index in [9.17, 15) is 5.11 Å². The third-order valence-corrected chi connectivity index (χ3v) is 2.64. The Morgan fingerprint density at radius 2 is 1.79 bits per heavy atom. The van der Waals surface area contributed by atoms with Gasteiger partial charge in [-0.1, -0.05) is 20.8 Å². The van der Waals surface area contributed by atoms with Crippen molar-refractivity contribution in [3.63, 3.8) is 0 Å².